The highest BCUT2D eigenvalue weighted by Gasteiger charge is 2.17. The molecule has 3 rings (SSSR count). The fourth-order valence-corrected chi connectivity index (χ4v) is 3.65. The molecule has 0 bridgehead atoms. The molecule has 26 heavy (non-hydrogen) atoms. The maximum Gasteiger partial charge on any atom is 0.192 e. The lowest BCUT2D eigenvalue weighted by Crippen LogP contribution is -2.02. The molecule has 0 amide bonds. The van der Waals surface area contributed by atoms with E-state index >= 15 is 0 Å². The molecule has 1 aromatic heterocycles. The molecule has 0 spiro atoms. The average Bonchev–Trinajstić information content (AvgIpc) is 3.04. The lowest BCUT2D eigenvalue weighted by molar-refractivity contribution is 0.416. The normalized spacial score (nSPS) is 10.7. The van der Waals surface area contributed by atoms with Crippen LogP contribution in [0.1, 0.15) is 11.1 Å². The Balaban J connectivity index is 1.92. The Bertz CT molecular complexity index is 906. The number of halogens is 1. The summed E-state index contributed by atoms with van der Waals surface area (Å²) in [5.41, 5.74) is 3.32. The van der Waals surface area contributed by atoms with Gasteiger partial charge in [0.25, 0.3) is 0 Å². The van der Waals surface area contributed by atoms with Crippen LogP contribution in [0, 0.1) is 6.92 Å². The number of nitrogens with zero attached hydrogens (tertiary/aromatic N) is 3. The molecule has 0 aliphatic rings. The second-order valence-corrected chi connectivity index (χ2v) is 7.20. The molecule has 0 fully saturated rings. The van der Waals surface area contributed by atoms with Gasteiger partial charge in [0, 0.05) is 17.3 Å². The number of thioether (sulfide) groups is 1. The molecule has 1 heterocycles. The summed E-state index contributed by atoms with van der Waals surface area (Å²) < 4.78 is 7.49. The molecule has 6 heteroatoms. The minimum Gasteiger partial charge on any atom is -0.496 e. The van der Waals surface area contributed by atoms with Crippen LogP contribution in [0.5, 0.6) is 5.75 Å². The van der Waals surface area contributed by atoms with Crippen molar-refractivity contribution in [3.05, 3.63) is 71.3 Å². The van der Waals surface area contributed by atoms with Crippen molar-refractivity contribution in [2.45, 2.75) is 24.4 Å². The molecule has 0 saturated carbocycles. The Morgan fingerprint density at radius 3 is 2.65 bits per heavy atom. The van der Waals surface area contributed by atoms with Gasteiger partial charge < -0.3 is 4.74 Å². The highest BCUT2D eigenvalue weighted by Crippen LogP contribution is 2.34. The zero-order valence-corrected chi connectivity index (χ0v) is 16.3. The molecule has 0 atom stereocenters. The van der Waals surface area contributed by atoms with Crippen LogP contribution in [0.4, 0.5) is 0 Å². The van der Waals surface area contributed by atoms with Crippen molar-refractivity contribution in [3.8, 4) is 17.1 Å². The molecule has 0 radical (unpaired) electrons. The summed E-state index contributed by atoms with van der Waals surface area (Å²) in [6, 6.07) is 14.0. The number of methoxy groups -OCH3 is 1. The molecular weight excluding hydrogens is 366 g/mol. The van der Waals surface area contributed by atoms with Gasteiger partial charge in [0.15, 0.2) is 11.0 Å². The number of aromatic nitrogens is 3. The molecular formula is C20H20ClN3OS. The van der Waals surface area contributed by atoms with Crippen LogP contribution in [-0.2, 0) is 12.3 Å². The van der Waals surface area contributed by atoms with E-state index in [4.69, 9.17) is 16.3 Å². The van der Waals surface area contributed by atoms with Crippen molar-refractivity contribution in [1.29, 1.82) is 0 Å². The predicted molar refractivity (Wildman–Crippen MR) is 108 cm³/mol. The van der Waals surface area contributed by atoms with Gasteiger partial charge in [-0.2, -0.15) is 0 Å². The van der Waals surface area contributed by atoms with E-state index in [9.17, 15) is 0 Å². The zero-order valence-electron chi connectivity index (χ0n) is 14.8. The lowest BCUT2D eigenvalue weighted by atomic mass is 10.2. The van der Waals surface area contributed by atoms with Crippen LogP contribution < -0.4 is 4.74 Å². The minimum atomic E-state index is 0.605. The van der Waals surface area contributed by atoms with E-state index in [1.165, 1.54) is 11.1 Å². The second kappa shape index (κ2) is 8.43. The number of rotatable bonds is 7. The van der Waals surface area contributed by atoms with Crippen LogP contribution in [0.3, 0.4) is 0 Å². The van der Waals surface area contributed by atoms with E-state index in [0.29, 0.717) is 17.3 Å². The first kappa shape index (κ1) is 18.5. The van der Waals surface area contributed by atoms with E-state index in [2.05, 4.69) is 48.0 Å². The molecule has 0 saturated heterocycles. The van der Waals surface area contributed by atoms with Crippen LogP contribution in [-0.4, -0.2) is 21.9 Å². The largest absolute Gasteiger partial charge is 0.496 e. The molecule has 0 N–H and O–H groups in total. The molecule has 134 valence electrons. The molecule has 0 aliphatic carbocycles. The molecule has 0 aliphatic heterocycles. The van der Waals surface area contributed by atoms with Crippen molar-refractivity contribution >= 4 is 23.4 Å². The van der Waals surface area contributed by atoms with E-state index in [0.717, 1.165) is 22.3 Å². The summed E-state index contributed by atoms with van der Waals surface area (Å²) in [5, 5.41) is 10.2. The number of hydrogen-bond acceptors (Lipinski definition) is 4. The van der Waals surface area contributed by atoms with Gasteiger partial charge in [0.1, 0.15) is 5.75 Å². The SMILES string of the molecule is C=CCn1c(SCc2ccc(C)cc2)nnc1-c1cc(Cl)ccc1OC. The fourth-order valence-electron chi connectivity index (χ4n) is 2.58. The first-order valence-corrected chi connectivity index (χ1v) is 9.55. The topological polar surface area (TPSA) is 39.9 Å². The Labute approximate surface area is 162 Å². The maximum atomic E-state index is 6.18. The summed E-state index contributed by atoms with van der Waals surface area (Å²) in [4.78, 5) is 0. The van der Waals surface area contributed by atoms with Crippen LogP contribution >= 0.6 is 23.4 Å². The van der Waals surface area contributed by atoms with Crippen molar-refractivity contribution in [2.24, 2.45) is 0 Å². The van der Waals surface area contributed by atoms with Crippen molar-refractivity contribution < 1.29 is 4.74 Å². The van der Waals surface area contributed by atoms with E-state index in [1.54, 1.807) is 24.9 Å². The third kappa shape index (κ3) is 4.11. The number of allylic oxidation sites excluding steroid dienone is 1. The van der Waals surface area contributed by atoms with Crippen molar-refractivity contribution in [3.63, 3.8) is 0 Å². The van der Waals surface area contributed by atoms with Gasteiger partial charge in [-0.3, -0.25) is 4.57 Å². The second-order valence-electron chi connectivity index (χ2n) is 5.82. The quantitative estimate of drug-likeness (QED) is 0.403. The van der Waals surface area contributed by atoms with Gasteiger partial charge >= 0.3 is 0 Å². The van der Waals surface area contributed by atoms with Gasteiger partial charge in [-0.15, -0.1) is 16.8 Å². The maximum absolute atomic E-state index is 6.18. The third-order valence-corrected chi connectivity index (χ3v) is 5.19. The highest BCUT2D eigenvalue weighted by atomic mass is 35.5. The molecule has 4 nitrogen and oxygen atoms in total. The van der Waals surface area contributed by atoms with E-state index in [-0.39, 0.29) is 0 Å². The van der Waals surface area contributed by atoms with Crippen LogP contribution in [0.25, 0.3) is 11.4 Å². The van der Waals surface area contributed by atoms with Gasteiger partial charge in [-0.05, 0) is 30.7 Å². The van der Waals surface area contributed by atoms with Gasteiger partial charge in [-0.25, -0.2) is 0 Å². The standard InChI is InChI=1S/C20H20ClN3OS/c1-4-11-24-19(17-12-16(21)9-10-18(17)25-3)22-23-20(24)26-13-15-7-5-14(2)6-8-15/h4-10,12H,1,11,13H2,2-3H3. The smallest absolute Gasteiger partial charge is 0.192 e. The zero-order chi connectivity index (χ0) is 18.5. The lowest BCUT2D eigenvalue weighted by Gasteiger charge is -2.11. The van der Waals surface area contributed by atoms with E-state index in [1.807, 2.05) is 22.8 Å². The summed E-state index contributed by atoms with van der Waals surface area (Å²) in [7, 11) is 1.63. The predicted octanol–water partition coefficient (Wildman–Crippen LogP) is 5.39. The first-order chi connectivity index (χ1) is 12.6. The van der Waals surface area contributed by atoms with Crippen molar-refractivity contribution in [1.82, 2.24) is 14.8 Å². The monoisotopic (exact) mass is 385 g/mol. The summed E-state index contributed by atoms with van der Waals surface area (Å²) in [6.07, 6.45) is 1.83. The van der Waals surface area contributed by atoms with Crippen LogP contribution in [0.15, 0.2) is 60.3 Å². The Hall–Kier alpha value is -2.24. The minimum absolute atomic E-state index is 0.605. The number of hydrogen-bond donors (Lipinski definition) is 0. The van der Waals surface area contributed by atoms with E-state index < -0.39 is 0 Å². The summed E-state index contributed by atoms with van der Waals surface area (Å²) in [5.74, 6) is 2.25. The van der Waals surface area contributed by atoms with Gasteiger partial charge in [-0.1, -0.05) is 59.3 Å². The first-order valence-electron chi connectivity index (χ1n) is 8.18. The fraction of sp³-hybridized carbons (Fsp3) is 0.200. The van der Waals surface area contributed by atoms with Gasteiger partial charge in [0.2, 0.25) is 0 Å². The molecule has 2 aromatic carbocycles. The Kier molecular flexibility index (Phi) is 6.01. The summed E-state index contributed by atoms with van der Waals surface area (Å²) in [6.45, 7) is 6.55. The molecule has 0 unspecified atom stereocenters. The number of aryl methyl sites for hydroxylation is 1. The molecule has 3 aromatic rings. The van der Waals surface area contributed by atoms with Crippen LogP contribution in [0.2, 0.25) is 5.02 Å². The summed E-state index contributed by atoms with van der Waals surface area (Å²) >= 11 is 7.82. The highest BCUT2D eigenvalue weighted by molar-refractivity contribution is 7.98. The number of ether oxygens (including phenoxy) is 1. The Morgan fingerprint density at radius 2 is 1.96 bits per heavy atom. The third-order valence-electron chi connectivity index (χ3n) is 3.92. The van der Waals surface area contributed by atoms with Gasteiger partial charge in [0.05, 0.1) is 12.7 Å². The number of benzene rings is 2. The van der Waals surface area contributed by atoms with Crippen molar-refractivity contribution in [2.75, 3.05) is 7.11 Å². The average molecular weight is 386 g/mol. The Morgan fingerprint density at radius 1 is 1.19 bits per heavy atom.